The summed E-state index contributed by atoms with van der Waals surface area (Å²) in [5.74, 6) is 0.514. The van der Waals surface area contributed by atoms with Gasteiger partial charge in [0.15, 0.2) is 0 Å². The lowest BCUT2D eigenvalue weighted by atomic mass is 9.91. The Morgan fingerprint density at radius 3 is 2.25 bits per heavy atom. The third-order valence-corrected chi connectivity index (χ3v) is 5.84. The number of nitrogens with zero attached hydrogens (tertiary/aromatic N) is 2. The first-order chi connectivity index (χ1) is 7.44. The van der Waals surface area contributed by atoms with E-state index in [-0.39, 0.29) is 18.0 Å². The van der Waals surface area contributed by atoms with Gasteiger partial charge in [0, 0.05) is 25.2 Å². The lowest BCUT2D eigenvalue weighted by Gasteiger charge is -2.55. The second-order valence-corrected chi connectivity index (χ2v) is 7.32. The van der Waals surface area contributed by atoms with Crippen molar-refractivity contribution in [1.29, 1.82) is 0 Å². The summed E-state index contributed by atoms with van der Waals surface area (Å²) in [6, 6.07) is 0.505. The van der Waals surface area contributed by atoms with E-state index in [1.807, 2.05) is 13.8 Å². The highest BCUT2D eigenvalue weighted by atomic mass is 32.2. The van der Waals surface area contributed by atoms with Crippen LogP contribution in [0.2, 0.25) is 0 Å². The molecule has 0 spiro atoms. The van der Waals surface area contributed by atoms with Crippen LogP contribution in [0.25, 0.3) is 0 Å². The van der Waals surface area contributed by atoms with Gasteiger partial charge in [0.2, 0.25) is 10.0 Å². The molecule has 0 aliphatic carbocycles. The van der Waals surface area contributed by atoms with Gasteiger partial charge >= 0.3 is 0 Å². The van der Waals surface area contributed by atoms with Crippen molar-refractivity contribution in [3.63, 3.8) is 0 Å². The molecule has 16 heavy (non-hydrogen) atoms. The number of piperidine rings is 1. The van der Waals surface area contributed by atoms with Crippen molar-refractivity contribution < 1.29 is 8.42 Å². The van der Waals surface area contributed by atoms with Gasteiger partial charge in [0.25, 0.3) is 0 Å². The molecule has 0 amide bonds. The molecule has 4 nitrogen and oxygen atoms in total. The Balaban J connectivity index is 2.04. The number of hydrogen-bond donors (Lipinski definition) is 0. The molecule has 3 fully saturated rings. The molecule has 3 heterocycles. The van der Waals surface area contributed by atoms with E-state index in [0.717, 1.165) is 26.1 Å². The lowest BCUT2D eigenvalue weighted by Crippen LogP contribution is -2.70. The first-order valence-corrected chi connectivity index (χ1v) is 7.78. The zero-order chi connectivity index (χ0) is 11.9. The molecule has 0 N–H and O–H groups in total. The Labute approximate surface area is 98.7 Å². The summed E-state index contributed by atoms with van der Waals surface area (Å²) < 4.78 is 26.1. The second-order valence-electron chi connectivity index (χ2n) is 5.40. The van der Waals surface area contributed by atoms with Crippen molar-refractivity contribution in [2.24, 2.45) is 5.92 Å². The largest absolute Gasteiger partial charge is 0.300 e. The SMILES string of the molecule is CCN1CC2CC(C1)N2S(=O)(=O)CC(C)C. The molecule has 94 valence electrons. The van der Waals surface area contributed by atoms with Crippen molar-refractivity contribution in [2.45, 2.75) is 39.3 Å². The monoisotopic (exact) mass is 246 g/mol. The van der Waals surface area contributed by atoms with Crippen LogP contribution in [0.1, 0.15) is 27.2 Å². The van der Waals surface area contributed by atoms with Crippen molar-refractivity contribution >= 4 is 10.0 Å². The van der Waals surface area contributed by atoms with E-state index in [2.05, 4.69) is 11.8 Å². The van der Waals surface area contributed by atoms with Crippen LogP contribution in [0.4, 0.5) is 0 Å². The minimum absolute atomic E-state index is 0.216. The Hall–Kier alpha value is -0.130. The standard InChI is InChI=1S/C11H22N2O2S/c1-4-12-6-10-5-11(7-12)13(10)16(14,15)8-9(2)3/h9-11H,4-8H2,1-3H3. The molecule has 3 aliphatic heterocycles. The number of likely N-dealkylation sites (N-methyl/N-ethyl adjacent to an activating group) is 1. The maximum absolute atomic E-state index is 12.1. The van der Waals surface area contributed by atoms with Crippen molar-refractivity contribution in [3.8, 4) is 0 Å². The van der Waals surface area contributed by atoms with Crippen LogP contribution in [0, 0.1) is 5.92 Å². The summed E-state index contributed by atoms with van der Waals surface area (Å²) in [7, 11) is -3.01. The summed E-state index contributed by atoms with van der Waals surface area (Å²) in [4.78, 5) is 2.35. The van der Waals surface area contributed by atoms with Gasteiger partial charge in [-0.2, -0.15) is 4.31 Å². The molecule has 3 rings (SSSR count). The molecule has 0 aromatic carbocycles. The quantitative estimate of drug-likeness (QED) is 0.735. The first-order valence-electron chi connectivity index (χ1n) is 6.17. The van der Waals surface area contributed by atoms with Gasteiger partial charge in [0.05, 0.1) is 5.75 Å². The predicted octanol–water partition coefficient (Wildman–Crippen LogP) is 0.751. The number of rotatable bonds is 4. The van der Waals surface area contributed by atoms with Gasteiger partial charge in [0.1, 0.15) is 0 Å². The normalized spacial score (nSPS) is 31.8. The van der Waals surface area contributed by atoms with Crippen LogP contribution in [-0.2, 0) is 10.0 Å². The fourth-order valence-corrected chi connectivity index (χ4v) is 5.11. The molecule has 0 aromatic rings. The maximum Gasteiger partial charge on any atom is 0.214 e. The number of fused-ring (bicyclic) bond motifs is 2. The van der Waals surface area contributed by atoms with E-state index in [9.17, 15) is 8.42 Å². The van der Waals surface area contributed by atoms with E-state index in [0.29, 0.717) is 5.75 Å². The number of sulfonamides is 1. The van der Waals surface area contributed by atoms with Gasteiger partial charge in [-0.3, -0.25) is 0 Å². The van der Waals surface area contributed by atoms with Crippen LogP contribution in [-0.4, -0.2) is 55.1 Å². The molecule has 0 aromatic heterocycles. The van der Waals surface area contributed by atoms with E-state index in [1.54, 1.807) is 4.31 Å². The average Bonchev–Trinajstić information content (AvgIpc) is 2.14. The van der Waals surface area contributed by atoms with Gasteiger partial charge in [-0.25, -0.2) is 8.42 Å². The predicted molar refractivity (Wildman–Crippen MR) is 64.8 cm³/mol. The van der Waals surface area contributed by atoms with Gasteiger partial charge < -0.3 is 4.90 Å². The third-order valence-electron chi connectivity index (χ3n) is 3.51. The lowest BCUT2D eigenvalue weighted by molar-refractivity contribution is -0.00427. The van der Waals surface area contributed by atoms with Crippen LogP contribution in [0.5, 0.6) is 0 Å². The summed E-state index contributed by atoms with van der Waals surface area (Å²) in [5, 5.41) is 0. The Bertz CT molecular complexity index is 341. The van der Waals surface area contributed by atoms with E-state index in [4.69, 9.17) is 0 Å². The molecular weight excluding hydrogens is 224 g/mol. The first kappa shape index (κ1) is 12.3. The summed E-state index contributed by atoms with van der Waals surface area (Å²) in [6.45, 7) is 8.94. The smallest absolute Gasteiger partial charge is 0.214 e. The van der Waals surface area contributed by atoms with Crippen LogP contribution in [0.3, 0.4) is 0 Å². The molecule has 2 atom stereocenters. The van der Waals surface area contributed by atoms with E-state index < -0.39 is 10.0 Å². The molecule has 2 bridgehead atoms. The summed E-state index contributed by atoms with van der Waals surface area (Å²) in [6.07, 6.45) is 1.06. The Morgan fingerprint density at radius 2 is 1.81 bits per heavy atom. The zero-order valence-electron chi connectivity index (χ0n) is 10.4. The molecule has 3 aliphatic rings. The summed E-state index contributed by atoms with van der Waals surface area (Å²) in [5.41, 5.74) is 0. The molecule has 5 heteroatoms. The minimum Gasteiger partial charge on any atom is -0.300 e. The summed E-state index contributed by atoms with van der Waals surface area (Å²) >= 11 is 0. The molecule has 3 saturated heterocycles. The average molecular weight is 246 g/mol. The Kier molecular flexibility index (Phi) is 3.29. The minimum atomic E-state index is -3.01. The van der Waals surface area contributed by atoms with E-state index >= 15 is 0 Å². The van der Waals surface area contributed by atoms with Crippen molar-refractivity contribution in [3.05, 3.63) is 0 Å². The second kappa shape index (κ2) is 4.27. The topological polar surface area (TPSA) is 40.6 Å². The van der Waals surface area contributed by atoms with Crippen LogP contribution < -0.4 is 0 Å². The van der Waals surface area contributed by atoms with Crippen molar-refractivity contribution in [1.82, 2.24) is 9.21 Å². The highest BCUT2D eigenvalue weighted by Crippen LogP contribution is 2.35. The number of hydrogen-bond acceptors (Lipinski definition) is 3. The number of piperazine rings is 1. The zero-order valence-corrected chi connectivity index (χ0v) is 11.2. The van der Waals surface area contributed by atoms with Gasteiger partial charge in [-0.1, -0.05) is 20.8 Å². The van der Waals surface area contributed by atoms with Crippen molar-refractivity contribution in [2.75, 3.05) is 25.4 Å². The fraction of sp³-hybridized carbons (Fsp3) is 1.00. The van der Waals surface area contributed by atoms with Crippen LogP contribution >= 0.6 is 0 Å². The fourth-order valence-electron chi connectivity index (χ4n) is 2.88. The van der Waals surface area contributed by atoms with Gasteiger partial charge in [-0.05, 0) is 18.9 Å². The van der Waals surface area contributed by atoms with Gasteiger partial charge in [-0.15, -0.1) is 0 Å². The van der Waals surface area contributed by atoms with Crippen LogP contribution in [0.15, 0.2) is 0 Å². The molecule has 2 unspecified atom stereocenters. The third kappa shape index (κ3) is 2.13. The molecular formula is C11H22N2O2S. The molecule has 0 saturated carbocycles. The maximum atomic E-state index is 12.1. The highest BCUT2D eigenvalue weighted by molar-refractivity contribution is 7.89. The Morgan fingerprint density at radius 1 is 1.25 bits per heavy atom. The van der Waals surface area contributed by atoms with E-state index in [1.165, 1.54) is 0 Å². The molecule has 0 radical (unpaired) electrons. The highest BCUT2D eigenvalue weighted by Gasteiger charge is 2.50.